The van der Waals surface area contributed by atoms with Crippen LogP contribution in [0.25, 0.3) is 0 Å². The molecule has 0 saturated heterocycles. The van der Waals surface area contributed by atoms with Gasteiger partial charge in [-0.2, -0.15) is 0 Å². The Bertz CT molecular complexity index is 506. The summed E-state index contributed by atoms with van der Waals surface area (Å²) in [7, 11) is 0. The zero-order valence-electron chi connectivity index (χ0n) is 11.0. The van der Waals surface area contributed by atoms with Gasteiger partial charge < -0.3 is 11.1 Å². The Morgan fingerprint density at radius 2 is 1.83 bits per heavy atom. The molecule has 2 rings (SSSR count). The first kappa shape index (κ1) is 12.5. The maximum atomic E-state index is 5.97. The number of aryl methyl sites for hydroxylation is 1. The van der Waals surface area contributed by atoms with E-state index < -0.39 is 0 Å². The molecule has 2 nitrogen and oxygen atoms in total. The van der Waals surface area contributed by atoms with Crippen molar-refractivity contribution in [3.63, 3.8) is 0 Å². The third-order valence-electron chi connectivity index (χ3n) is 3.00. The molecule has 18 heavy (non-hydrogen) atoms. The maximum absolute atomic E-state index is 5.97. The van der Waals surface area contributed by atoms with Gasteiger partial charge in [-0.1, -0.05) is 36.4 Å². The number of nitrogens with one attached hydrogen (secondary N) is 1. The lowest BCUT2D eigenvalue weighted by Gasteiger charge is -2.17. The lowest BCUT2D eigenvalue weighted by molar-refractivity contribution is 0.790. The van der Waals surface area contributed by atoms with Crippen molar-refractivity contribution in [3.05, 3.63) is 59.7 Å². The SMILES string of the molecule is Cc1ccc(N)c(NC(C)Cc2ccccc2)c1. The Morgan fingerprint density at radius 3 is 2.56 bits per heavy atom. The first-order chi connectivity index (χ1) is 8.65. The molecule has 0 aromatic heterocycles. The van der Waals surface area contributed by atoms with Crippen LogP contribution in [0.2, 0.25) is 0 Å². The molecule has 94 valence electrons. The largest absolute Gasteiger partial charge is 0.397 e. The number of nitrogens with two attached hydrogens (primary N) is 1. The van der Waals surface area contributed by atoms with Gasteiger partial charge in [0.25, 0.3) is 0 Å². The van der Waals surface area contributed by atoms with E-state index in [-0.39, 0.29) is 0 Å². The van der Waals surface area contributed by atoms with Crippen molar-refractivity contribution in [2.75, 3.05) is 11.1 Å². The highest BCUT2D eigenvalue weighted by molar-refractivity contribution is 5.67. The van der Waals surface area contributed by atoms with Gasteiger partial charge in [0, 0.05) is 6.04 Å². The summed E-state index contributed by atoms with van der Waals surface area (Å²) in [5, 5.41) is 3.47. The monoisotopic (exact) mass is 240 g/mol. The summed E-state index contributed by atoms with van der Waals surface area (Å²) in [6, 6.07) is 16.9. The van der Waals surface area contributed by atoms with E-state index in [1.165, 1.54) is 11.1 Å². The quantitative estimate of drug-likeness (QED) is 0.801. The van der Waals surface area contributed by atoms with Crippen LogP contribution in [0.4, 0.5) is 11.4 Å². The third-order valence-corrected chi connectivity index (χ3v) is 3.00. The lowest BCUT2D eigenvalue weighted by atomic mass is 10.1. The summed E-state index contributed by atoms with van der Waals surface area (Å²) in [5.74, 6) is 0. The molecule has 0 saturated carbocycles. The summed E-state index contributed by atoms with van der Waals surface area (Å²) in [5.41, 5.74) is 10.4. The van der Waals surface area contributed by atoms with Gasteiger partial charge in [-0.15, -0.1) is 0 Å². The summed E-state index contributed by atoms with van der Waals surface area (Å²) in [6.45, 7) is 4.25. The van der Waals surface area contributed by atoms with Gasteiger partial charge in [0.15, 0.2) is 0 Å². The minimum Gasteiger partial charge on any atom is -0.397 e. The fourth-order valence-electron chi connectivity index (χ4n) is 2.08. The van der Waals surface area contributed by atoms with Crippen LogP contribution in [0, 0.1) is 6.92 Å². The molecule has 0 aliphatic heterocycles. The minimum atomic E-state index is 0.358. The summed E-state index contributed by atoms with van der Waals surface area (Å²) < 4.78 is 0. The van der Waals surface area contributed by atoms with E-state index in [0.717, 1.165) is 17.8 Å². The van der Waals surface area contributed by atoms with Gasteiger partial charge in [-0.05, 0) is 43.5 Å². The van der Waals surface area contributed by atoms with Crippen molar-refractivity contribution >= 4 is 11.4 Å². The summed E-state index contributed by atoms with van der Waals surface area (Å²) in [4.78, 5) is 0. The van der Waals surface area contributed by atoms with Crippen molar-refractivity contribution in [2.45, 2.75) is 26.3 Å². The number of hydrogen-bond donors (Lipinski definition) is 2. The van der Waals surface area contributed by atoms with Crippen LogP contribution in [0.5, 0.6) is 0 Å². The molecule has 0 spiro atoms. The predicted molar refractivity (Wildman–Crippen MR) is 78.8 cm³/mol. The van der Waals surface area contributed by atoms with Gasteiger partial charge >= 0.3 is 0 Å². The molecule has 3 N–H and O–H groups in total. The fourth-order valence-corrected chi connectivity index (χ4v) is 2.08. The zero-order valence-corrected chi connectivity index (χ0v) is 11.0. The molecular weight excluding hydrogens is 220 g/mol. The summed E-state index contributed by atoms with van der Waals surface area (Å²) in [6.07, 6.45) is 0.994. The minimum absolute atomic E-state index is 0.358. The highest BCUT2D eigenvalue weighted by Gasteiger charge is 2.05. The number of rotatable bonds is 4. The first-order valence-electron chi connectivity index (χ1n) is 6.32. The molecular formula is C16H20N2. The number of nitrogen functional groups attached to an aromatic ring is 1. The third kappa shape index (κ3) is 3.27. The average Bonchev–Trinajstić information content (AvgIpc) is 2.35. The van der Waals surface area contributed by atoms with Gasteiger partial charge in [0.2, 0.25) is 0 Å². The first-order valence-corrected chi connectivity index (χ1v) is 6.32. The van der Waals surface area contributed by atoms with E-state index in [2.05, 4.69) is 49.5 Å². The highest BCUT2D eigenvalue weighted by atomic mass is 14.9. The second-order valence-corrected chi connectivity index (χ2v) is 4.83. The molecule has 2 aromatic rings. The van der Waals surface area contributed by atoms with E-state index in [1.54, 1.807) is 0 Å². The van der Waals surface area contributed by atoms with Crippen LogP contribution < -0.4 is 11.1 Å². The second-order valence-electron chi connectivity index (χ2n) is 4.83. The van der Waals surface area contributed by atoms with Crippen molar-refractivity contribution in [3.8, 4) is 0 Å². The Labute approximate surface area is 109 Å². The molecule has 0 aliphatic carbocycles. The van der Waals surface area contributed by atoms with Crippen LogP contribution in [-0.2, 0) is 6.42 Å². The Balaban J connectivity index is 2.03. The van der Waals surface area contributed by atoms with Crippen LogP contribution in [0.3, 0.4) is 0 Å². The predicted octanol–water partition coefficient (Wildman–Crippen LogP) is 3.62. The number of hydrogen-bond acceptors (Lipinski definition) is 2. The van der Waals surface area contributed by atoms with Crippen molar-refractivity contribution < 1.29 is 0 Å². The molecule has 0 radical (unpaired) electrons. The molecule has 0 bridgehead atoms. The van der Waals surface area contributed by atoms with E-state index in [1.807, 2.05) is 18.2 Å². The van der Waals surface area contributed by atoms with Crippen LogP contribution >= 0.6 is 0 Å². The molecule has 2 heteroatoms. The van der Waals surface area contributed by atoms with Crippen LogP contribution in [-0.4, -0.2) is 6.04 Å². The Kier molecular flexibility index (Phi) is 3.88. The summed E-state index contributed by atoms with van der Waals surface area (Å²) >= 11 is 0. The average molecular weight is 240 g/mol. The van der Waals surface area contributed by atoms with Crippen molar-refractivity contribution in [2.24, 2.45) is 0 Å². The van der Waals surface area contributed by atoms with Crippen LogP contribution in [0.15, 0.2) is 48.5 Å². The Morgan fingerprint density at radius 1 is 1.11 bits per heavy atom. The van der Waals surface area contributed by atoms with Crippen LogP contribution in [0.1, 0.15) is 18.1 Å². The van der Waals surface area contributed by atoms with E-state index >= 15 is 0 Å². The molecule has 0 fully saturated rings. The van der Waals surface area contributed by atoms with Gasteiger partial charge in [-0.3, -0.25) is 0 Å². The second kappa shape index (κ2) is 5.58. The zero-order chi connectivity index (χ0) is 13.0. The smallest absolute Gasteiger partial charge is 0.0578 e. The van der Waals surface area contributed by atoms with Crippen molar-refractivity contribution in [1.82, 2.24) is 0 Å². The number of anilines is 2. The van der Waals surface area contributed by atoms with Crippen molar-refractivity contribution in [1.29, 1.82) is 0 Å². The fraction of sp³-hybridized carbons (Fsp3) is 0.250. The van der Waals surface area contributed by atoms with Gasteiger partial charge in [-0.25, -0.2) is 0 Å². The molecule has 0 aliphatic rings. The standard InChI is InChI=1S/C16H20N2/c1-12-8-9-15(17)16(10-12)18-13(2)11-14-6-4-3-5-7-14/h3-10,13,18H,11,17H2,1-2H3. The van der Waals surface area contributed by atoms with E-state index in [4.69, 9.17) is 5.73 Å². The topological polar surface area (TPSA) is 38.0 Å². The maximum Gasteiger partial charge on any atom is 0.0578 e. The van der Waals surface area contributed by atoms with E-state index in [0.29, 0.717) is 6.04 Å². The molecule has 1 atom stereocenters. The normalized spacial score (nSPS) is 12.1. The molecule has 2 aromatic carbocycles. The highest BCUT2D eigenvalue weighted by Crippen LogP contribution is 2.21. The molecule has 0 amide bonds. The molecule has 1 unspecified atom stereocenters. The van der Waals surface area contributed by atoms with Gasteiger partial charge in [0.05, 0.1) is 11.4 Å². The lowest BCUT2D eigenvalue weighted by Crippen LogP contribution is -2.18. The number of benzene rings is 2. The Hall–Kier alpha value is -1.96. The van der Waals surface area contributed by atoms with Gasteiger partial charge in [0.1, 0.15) is 0 Å². The van der Waals surface area contributed by atoms with E-state index in [9.17, 15) is 0 Å². The molecule has 0 heterocycles.